The molecule has 4 unspecified atom stereocenters. The van der Waals surface area contributed by atoms with Crippen molar-refractivity contribution < 1.29 is 31.1 Å². The first-order valence-corrected chi connectivity index (χ1v) is 26.2. The van der Waals surface area contributed by atoms with Crippen LogP contribution < -0.4 is 10.6 Å². The Kier molecular flexibility index (Phi) is 11.3. The summed E-state index contributed by atoms with van der Waals surface area (Å²) in [4.78, 5) is 23.6. The number of benzene rings is 4. The largest absolute Gasteiger partial charge is 0.354 e. The second-order valence-corrected chi connectivity index (χ2v) is 23.6. The molecule has 0 aliphatic carbocycles. The van der Waals surface area contributed by atoms with E-state index in [1.54, 1.807) is 46.0 Å². The summed E-state index contributed by atoms with van der Waals surface area (Å²) in [6, 6.07) is 27.8. The molecule has 4 atom stereocenters. The predicted octanol–water partition coefficient (Wildman–Crippen LogP) is 7.40. The molecule has 13 nitrogen and oxygen atoms in total. The average Bonchev–Trinajstić information content (AvgIpc) is 4.02. The van der Waals surface area contributed by atoms with E-state index < -0.39 is 42.0 Å². The van der Waals surface area contributed by atoms with Gasteiger partial charge in [0, 0.05) is 85.2 Å². The van der Waals surface area contributed by atoms with Crippen LogP contribution in [0.4, 0.5) is 22.7 Å². The smallest absolute Gasteiger partial charge is 0.226 e. The van der Waals surface area contributed by atoms with E-state index >= 15 is 4.79 Å². The fraction of sp³-hybridized carbons (Fsp3) is 0.444. The van der Waals surface area contributed by atoms with Gasteiger partial charge in [0.2, 0.25) is 25.8 Å². The van der Waals surface area contributed by atoms with E-state index in [0.717, 1.165) is 42.3 Å². The number of carbonyl (C=O) groups is 1. The SMILES string of the molecule is CC(c1ccc2c(c1)Nc1ccccc1S2)S(=O)(=O)N1CCN(C2(C(=O)C3(N4CCN(S(=O)(=O)C(C)c5ccc6c(c5)Nc5ccccc5S6)CC4)CCCO3)CCCO2)CC1. The normalized spacial score (nSPS) is 25.7. The molecule has 10 rings (SSSR count). The number of hydrogen-bond donors (Lipinski definition) is 2. The Morgan fingerprint density at radius 2 is 0.952 bits per heavy atom. The van der Waals surface area contributed by atoms with Crippen molar-refractivity contribution in [3.05, 3.63) is 96.1 Å². The van der Waals surface area contributed by atoms with Gasteiger partial charge in [0.05, 0.1) is 33.2 Å². The number of hydrogen-bond acceptors (Lipinski definition) is 13. The van der Waals surface area contributed by atoms with Crippen LogP contribution in [0.2, 0.25) is 0 Å². The van der Waals surface area contributed by atoms with Crippen molar-refractivity contribution in [3.8, 4) is 0 Å². The highest BCUT2D eigenvalue weighted by molar-refractivity contribution is 8.00. The molecular weight excluding hydrogens is 865 g/mol. The number of ether oxygens (including phenoxy) is 2. The summed E-state index contributed by atoms with van der Waals surface area (Å²) in [6.45, 7) is 6.57. The van der Waals surface area contributed by atoms with Gasteiger partial charge in [-0.15, -0.1) is 0 Å². The van der Waals surface area contributed by atoms with Crippen LogP contribution in [0.15, 0.2) is 105 Å². The van der Waals surface area contributed by atoms with Crippen LogP contribution >= 0.6 is 23.5 Å². The molecule has 0 amide bonds. The number of nitrogens with zero attached hydrogens (tertiary/aromatic N) is 4. The lowest BCUT2D eigenvalue weighted by Gasteiger charge is -2.50. The Balaban J connectivity index is 0.804. The molecule has 4 saturated heterocycles. The number of nitrogens with one attached hydrogen (secondary N) is 2. The number of Topliss-reactive ketones (excluding diaryl/α,β-unsaturated/α-hetero) is 1. The standard InChI is InChI=1S/C45H52N6O7S4/c1-31(33-13-15-41-37(29-33)46-35-9-3-5-11-39(35)59-41)61(53,54)50-23-19-48(20-24-50)44(17-7-27-57-44)43(52)45(18-8-28-58-45)49-21-25-51(26-22-49)62(55,56)32(2)34-14-16-42-38(30-34)47-36-10-4-6-12-40(36)60-42/h3-6,9-16,29-32,46-47H,7-8,17-28H2,1-2H3. The molecule has 6 aliphatic rings. The van der Waals surface area contributed by atoms with Gasteiger partial charge in [-0.05, 0) is 99.2 Å². The van der Waals surface area contributed by atoms with E-state index in [1.165, 1.54) is 0 Å². The van der Waals surface area contributed by atoms with Crippen molar-refractivity contribution in [1.82, 2.24) is 18.4 Å². The van der Waals surface area contributed by atoms with E-state index in [0.29, 0.717) is 76.2 Å². The van der Waals surface area contributed by atoms with Crippen LogP contribution in [-0.4, -0.2) is 118 Å². The average molecular weight is 917 g/mol. The number of fused-ring (bicyclic) bond motifs is 4. The van der Waals surface area contributed by atoms with Gasteiger partial charge in [-0.3, -0.25) is 14.6 Å². The summed E-state index contributed by atoms with van der Waals surface area (Å²) in [6.07, 6.45) is 2.35. The maximum Gasteiger partial charge on any atom is 0.226 e. The predicted molar refractivity (Wildman–Crippen MR) is 242 cm³/mol. The fourth-order valence-electron chi connectivity index (χ4n) is 9.92. The maximum absolute atomic E-state index is 15.2. The minimum atomic E-state index is -3.73. The molecular formula is C45H52N6O7S4. The van der Waals surface area contributed by atoms with Crippen LogP contribution in [0.25, 0.3) is 0 Å². The van der Waals surface area contributed by atoms with Gasteiger partial charge < -0.3 is 20.1 Å². The first-order valence-electron chi connectivity index (χ1n) is 21.6. The molecule has 0 aromatic heterocycles. The third kappa shape index (κ3) is 7.29. The first kappa shape index (κ1) is 42.5. The number of ketones is 1. The van der Waals surface area contributed by atoms with Crippen molar-refractivity contribution >= 4 is 72.1 Å². The summed E-state index contributed by atoms with van der Waals surface area (Å²) >= 11 is 3.33. The number of sulfonamides is 2. The summed E-state index contributed by atoms with van der Waals surface area (Å²) in [5.74, 6) is -0.156. The topological polar surface area (TPSA) is 141 Å². The monoisotopic (exact) mass is 916 g/mol. The molecule has 0 saturated carbocycles. The highest BCUT2D eigenvalue weighted by Crippen LogP contribution is 2.48. The van der Waals surface area contributed by atoms with E-state index in [-0.39, 0.29) is 32.0 Å². The molecule has 6 heterocycles. The zero-order valence-corrected chi connectivity index (χ0v) is 38.2. The summed E-state index contributed by atoms with van der Waals surface area (Å²) in [5.41, 5.74) is 2.70. The van der Waals surface area contributed by atoms with E-state index in [9.17, 15) is 16.8 Å². The Hall–Kier alpha value is -3.49. The number of rotatable bonds is 10. The third-order valence-electron chi connectivity index (χ3n) is 13.5. The van der Waals surface area contributed by atoms with Gasteiger partial charge in [-0.2, -0.15) is 8.61 Å². The summed E-state index contributed by atoms with van der Waals surface area (Å²) in [7, 11) is -7.47. The number of piperazine rings is 2. The summed E-state index contributed by atoms with van der Waals surface area (Å²) < 4.78 is 72.8. The van der Waals surface area contributed by atoms with Gasteiger partial charge in [0.25, 0.3) is 0 Å². The molecule has 62 heavy (non-hydrogen) atoms. The van der Waals surface area contributed by atoms with Gasteiger partial charge >= 0.3 is 0 Å². The lowest BCUT2D eigenvalue weighted by molar-refractivity contribution is -0.208. The maximum atomic E-state index is 15.2. The Morgan fingerprint density at radius 1 is 0.565 bits per heavy atom. The lowest BCUT2D eigenvalue weighted by atomic mass is 9.89. The van der Waals surface area contributed by atoms with Crippen molar-refractivity contribution in [2.45, 2.75) is 81.1 Å². The van der Waals surface area contributed by atoms with Crippen LogP contribution in [0.5, 0.6) is 0 Å². The Morgan fingerprint density at radius 3 is 1.34 bits per heavy atom. The summed E-state index contributed by atoms with van der Waals surface area (Å²) in [5, 5.41) is 5.40. The zero-order chi connectivity index (χ0) is 42.9. The van der Waals surface area contributed by atoms with Crippen molar-refractivity contribution in [1.29, 1.82) is 0 Å². The van der Waals surface area contributed by atoms with Gasteiger partial charge in [0.15, 0.2) is 11.4 Å². The van der Waals surface area contributed by atoms with Crippen LogP contribution in [-0.2, 0) is 34.3 Å². The highest BCUT2D eigenvalue weighted by atomic mass is 32.2. The minimum absolute atomic E-state index is 0.156. The molecule has 4 aromatic carbocycles. The van der Waals surface area contributed by atoms with Gasteiger partial charge in [-0.25, -0.2) is 16.8 Å². The number of carbonyl (C=O) groups excluding carboxylic acids is 1. The van der Waals surface area contributed by atoms with E-state index in [1.807, 2.05) is 82.6 Å². The van der Waals surface area contributed by atoms with Gasteiger partial charge in [0.1, 0.15) is 0 Å². The third-order valence-corrected chi connectivity index (χ3v) is 20.3. The number of anilines is 4. The molecule has 0 radical (unpaired) electrons. The first-order chi connectivity index (χ1) is 29.9. The molecule has 4 aromatic rings. The molecule has 4 fully saturated rings. The molecule has 0 spiro atoms. The highest BCUT2D eigenvalue weighted by Gasteiger charge is 2.61. The van der Waals surface area contributed by atoms with Crippen molar-refractivity contribution in [2.75, 3.05) is 76.2 Å². The van der Waals surface area contributed by atoms with Crippen LogP contribution in [0.1, 0.15) is 61.2 Å². The molecule has 2 N–H and O–H groups in total. The van der Waals surface area contributed by atoms with Crippen molar-refractivity contribution in [2.24, 2.45) is 0 Å². The Labute approximate surface area is 373 Å². The minimum Gasteiger partial charge on any atom is -0.354 e. The fourth-order valence-corrected chi connectivity index (χ4v) is 15.1. The lowest BCUT2D eigenvalue weighted by Crippen LogP contribution is -2.70. The van der Waals surface area contributed by atoms with Crippen LogP contribution in [0.3, 0.4) is 0 Å². The second-order valence-electron chi connectivity index (χ2n) is 16.9. The molecule has 6 aliphatic heterocycles. The van der Waals surface area contributed by atoms with Gasteiger partial charge in [-0.1, -0.05) is 59.9 Å². The second kappa shape index (κ2) is 16.5. The quantitative estimate of drug-likeness (QED) is 0.141. The van der Waals surface area contributed by atoms with Crippen molar-refractivity contribution in [3.63, 3.8) is 0 Å². The Bertz CT molecular complexity index is 2430. The van der Waals surface area contributed by atoms with E-state index in [4.69, 9.17) is 9.47 Å². The molecule has 0 bridgehead atoms. The molecule has 17 heteroatoms. The van der Waals surface area contributed by atoms with E-state index in [2.05, 4.69) is 22.8 Å². The number of para-hydroxylation sites is 2. The zero-order valence-electron chi connectivity index (χ0n) is 34.9. The van der Waals surface area contributed by atoms with Crippen LogP contribution in [0, 0.1) is 0 Å². The molecule has 328 valence electrons.